The maximum absolute atomic E-state index is 11.8. The average molecular weight is 312 g/mol. The third kappa shape index (κ3) is 2.78. The van der Waals surface area contributed by atoms with Gasteiger partial charge in [0, 0.05) is 12.8 Å². The predicted molar refractivity (Wildman–Crippen MR) is 68.1 cm³/mol. The van der Waals surface area contributed by atoms with Gasteiger partial charge in [-0.05, 0) is 12.8 Å². The standard InChI is InChI=1S/C13H16N2O7/c1-3-7-5-9(16)14(11(7)18)21-13(20)22-15-10(17)6-8(4-2)12(15)19/h7-8H,3-6H2,1-2H3. The Balaban J connectivity index is 1.96. The van der Waals surface area contributed by atoms with Gasteiger partial charge in [-0.1, -0.05) is 24.0 Å². The first-order valence-corrected chi connectivity index (χ1v) is 7.02. The zero-order valence-electron chi connectivity index (χ0n) is 12.2. The minimum absolute atomic E-state index is 0.0535. The smallest absolute Gasteiger partial charge is 0.293 e. The number of imide groups is 2. The maximum Gasteiger partial charge on any atom is 0.560 e. The van der Waals surface area contributed by atoms with Crippen molar-refractivity contribution in [2.24, 2.45) is 11.8 Å². The van der Waals surface area contributed by atoms with Gasteiger partial charge in [-0.3, -0.25) is 28.9 Å². The van der Waals surface area contributed by atoms with Crippen LogP contribution in [0.4, 0.5) is 4.79 Å². The van der Waals surface area contributed by atoms with Crippen molar-refractivity contribution in [1.29, 1.82) is 0 Å². The number of amides is 4. The molecule has 4 amide bonds. The SMILES string of the molecule is CCC1CC(=O)N(OC(=O)ON2C(=O)CC(CC)C2=O)C1=O. The molecule has 0 spiro atoms. The van der Waals surface area contributed by atoms with E-state index in [9.17, 15) is 24.0 Å². The fraction of sp³-hybridized carbons (Fsp3) is 0.615. The summed E-state index contributed by atoms with van der Waals surface area (Å²) in [4.78, 5) is 67.3. The van der Waals surface area contributed by atoms with Gasteiger partial charge in [-0.2, -0.15) is 4.79 Å². The summed E-state index contributed by atoms with van der Waals surface area (Å²) in [7, 11) is 0. The lowest BCUT2D eigenvalue weighted by Gasteiger charge is -2.16. The van der Waals surface area contributed by atoms with Gasteiger partial charge in [0.15, 0.2) is 0 Å². The molecule has 0 aromatic carbocycles. The number of hydrogen-bond acceptors (Lipinski definition) is 7. The van der Waals surface area contributed by atoms with E-state index in [4.69, 9.17) is 0 Å². The second-order valence-corrected chi connectivity index (χ2v) is 5.10. The fourth-order valence-corrected chi connectivity index (χ4v) is 2.33. The van der Waals surface area contributed by atoms with Crippen LogP contribution >= 0.6 is 0 Å². The van der Waals surface area contributed by atoms with Gasteiger partial charge in [0.1, 0.15) is 0 Å². The molecule has 2 fully saturated rings. The highest BCUT2D eigenvalue weighted by Crippen LogP contribution is 2.25. The van der Waals surface area contributed by atoms with E-state index in [-0.39, 0.29) is 12.8 Å². The molecule has 2 aliphatic rings. The van der Waals surface area contributed by atoms with Crippen LogP contribution in [0.5, 0.6) is 0 Å². The van der Waals surface area contributed by atoms with Gasteiger partial charge >= 0.3 is 6.16 Å². The molecule has 0 N–H and O–H groups in total. The molecule has 0 radical (unpaired) electrons. The van der Waals surface area contributed by atoms with E-state index in [0.717, 1.165) is 0 Å². The van der Waals surface area contributed by atoms with Crippen molar-refractivity contribution in [2.45, 2.75) is 39.5 Å². The average Bonchev–Trinajstić information content (AvgIpc) is 2.91. The molecule has 0 aliphatic carbocycles. The third-order valence-electron chi connectivity index (χ3n) is 3.71. The Morgan fingerprint density at radius 3 is 1.55 bits per heavy atom. The van der Waals surface area contributed by atoms with Crippen LogP contribution in [-0.2, 0) is 28.9 Å². The summed E-state index contributed by atoms with van der Waals surface area (Å²) in [6.07, 6.45) is -0.719. The van der Waals surface area contributed by atoms with Crippen molar-refractivity contribution in [3.05, 3.63) is 0 Å². The number of hydrogen-bond donors (Lipinski definition) is 0. The first-order valence-electron chi connectivity index (χ1n) is 7.02. The van der Waals surface area contributed by atoms with E-state index >= 15 is 0 Å². The molecule has 9 nitrogen and oxygen atoms in total. The first kappa shape index (κ1) is 15.9. The van der Waals surface area contributed by atoms with Gasteiger partial charge in [0.25, 0.3) is 23.6 Å². The number of rotatable bonds is 4. The highest BCUT2D eigenvalue weighted by Gasteiger charge is 2.44. The number of carbonyl (C=O) groups is 5. The Hall–Kier alpha value is -2.45. The summed E-state index contributed by atoms with van der Waals surface area (Å²) in [6.45, 7) is 3.45. The quantitative estimate of drug-likeness (QED) is 0.696. The van der Waals surface area contributed by atoms with Gasteiger partial charge in [0.05, 0.1) is 11.8 Å². The molecule has 0 saturated carbocycles. The molecule has 2 saturated heterocycles. The molecule has 9 heteroatoms. The van der Waals surface area contributed by atoms with E-state index in [1.807, 2.05) is 0 Å². The highest BCUT2D eigenvalue weighted by molar-refractivity contribution is 6.04. The fourth-order valence-electron chi connectivity index (χ4n) is 2.33. The maximum atomic E-state index is 11.8. The minimum atomic E-state index is -1.48. The van der Waals surface area contributed by atoms with Crippen molar-refractivity contribution < 1.29 is 33.6 Å². The van der Waals surface area contributed by atoms with Gasteiger partial charge < -0.3 is 0 Å². The molecule has 2 atom stereocenters. The van der Waals surface area contributed by atoms with Crippen LogP contribution in [0.25, 0.3) is 0 Å². The highest BCUT2D eigenvalue weighted by atomic mass is 16.9. The van der Waals surface area contributed by atoms with Crippen molar-refractivity contribution in [3.8, 4) is 0 Å². The molecule has 0 bridgehead atoms. The molecular weight excluding hydrogens is 296 g/mol. The van der Waals surface area contributed by atoms with Crippen molar-refractivity contribution in [3.63, 3.8) is 0 Å². The van der Waals surface area contributed by atoms with Crippen LogP contribution in [0.15, 0.2) is 0 Å². The second kappa shape index (κ2) is 6.12. The summed E-state index contributed by atoms with van der Waals surface area (Å²) in [5.41, 5.74) is 0. The Labute approximate surface area is 126 Å². The third-order valence-corrected chi connectivity index (χ3v) is 3.71. The molecule has 120 valence electrons. The Bertz CT molecular complexity index is 499. The number of hydroxylamine groups is 4. The van der Waals surface area contributed by atoms with Crippen LogP contribution in [0.1, 0.15) is 39.5 Å². The lowest BCUT2D eigenvalue weighted by molar-refractivity contribution is -0.199. The molecule has 2 unspecified atom stereocenters. The Morgan fingerprint density at radius 2 is 1.27 bits per heavy atom. The van der Waals surface area contributed by atoms with E-state index < -0.39 is 41.6 Å². The lowest BCUT2D eigenvalue weighted by Crippen LogP contribution is -2.38. The van der Waals surface area contributed by atoms with E-state index in [0.29, 0.717) is 23.0 Å². The van der Waals surface area contributed by atoms with Crippen LogP contribution in [0.2, 0.25) is 0 Å². The topological polar surface area (TPSA) is 110 Å². The van der Waals surface area contributed by atoms with Gasteiger partial charge in [-0.25, -0.2) is 0 Å². The molecule has 2 aliphatic heterocycles. The van der Waals surface area contributed by atoms with Crippen LogP contribution in [-0.4, -0.2) is 39.9 Å². The normalized spacial score (nSPS) is 25.2. The van der Waals surface area contributed by atoms with E-state index in [1.165, 1.54) is 0 Å². The number of nitrogens with zero attached hydrogens (tertiary/aromatic N) is 2. The van der Waals surface area contributed by atoms with Crippen LogP contribution in [0, 0.1) is 11.8 Å². The summed E-state index contributed by atoms with van der Waals surface area (Å²) < 4.78 is 0. The lowest BCUT2D eigenvalue weighted by atomic mass is 10.1. The molecule has 2 heterocycles. The monoisotopic (exact) mass is 312 g/mol. The summed E-state index contributed by atoms with van der Waals surface area (Å²) in [6, 6.07) is 0. The predicted octanol–water partition coefficient (Wildman–Crippen LogP) is 0.540. The molecule has 22 heavy (non-hydrogen) atoms. The van der Waals surface area contributed by atoms with E-state index in [1.54, 1.807) is 13.8 Å². The number of carbonyl (C=O) groups excluding carboxylic acids is 5. The first-order chi connectivity index (χ1) is 10.4. The minimum Gasteiger partial charge on any atom is -0.293 e. The summed E-state index contributed by atoms with van der Waals surface area (Å²) in [5.74, 6) is -3.71. The van der Waals surface area contributed by atoms with E-state index in [2.05, 4.69) is 9.68 Å². The van der Waals surface area contributed by atoms with Gasteiger partial charge in [-0.15, -0.1) is 0 Å². The van der Waals surface area contributed by atoms with Gasteiger partial charge in [0.2, 0.25) is 0 Å². The van der Waals surface area contributed by atoms with Crippen molar-refractivity contribution >= 4 is 29.8 Å². The molecule has 0 aromatic heterocycles. The Morgan fingerprint density at radius 1 is 0.909 bits per heavy atom. The zero-order valence-corrected chi connectivity index (χ0v) is 12.2. The molecule has 0 aromatic rings. The summed E-state index contributed by atoms with van der Waals surface area (Å²) >= 11 is 0. The van der Waals surface area contributed by atoms with Crippen molar-refractivity contribution in [2.75, 3.05) is 0 Å². The largest absolute Gasteiger partial charge is 0.560 e. The second-order valence-electron chi connectivity index (χ2n) is 5.10. The zero-order chi connectivity index (χ0) is 16.4. The molecule has 2 rings (SSSR count). The van der Waals surface area contributed by atoms with Crippen molar-refractivity contribution in [1.82, 2.24) is 10.1 Å². The molecular formula is C13H16N2O7. The summed E-state index contributed by atoms with van der Waals surface area (Å²) in [5, 5.41) is 0.637. The van der Waals surface area contributed by atoms with Crippen LogP contribution < -0.4 is 0 Å². The van der Waals surface area contributed by atoms with Crippen LogP contribution in [0.3, 0.4) is 0 Å². The Kier molecular flexibility index (Phi) is 4.43.